The van der Waals surface area contributed by atoms with Gasteiger partial charge in [-0.3, -0.25) is 9.78 Å². The zero-order valence-electron chi connectivity index (χ0n) is 10.5. The van der Waals surface area contributed by atoms with Crippen LogP contribution >= 0.6 is 0 Å². The molecule has 0 fully saturated rings. The largest absolute Gasteiger partial charge is 0.480 e. The Balaban J connectivity index is 1.96. The Morgan fingerprint density at radius 1 is 1.37 bits per heavy atom. The molecule has 1 aliphatic carbocycles. The van der Waals surface area contributed by atoms with Crippen LogP contribution in [0, 0.1) is 5.92 Å². The summed E-state index contributed by atoms with van der Waals surface area (Å²) in [6, 6.07) is 4.38. The lowest BCUT2D eigenvalue weighted by molar-refractivity contribution is -0.142. The summed E-state index contributed by atoms with van der Waals surface area (Å²) in [4.78, 5) is 27.2. The van der Waals surface area contributed by atoms with Crippen LogP contribution in [-0.2, 0) is 16.0 Å². The molecule has 0 aromatic carbocycles. The fourth-order valence-corrected chi connectivity index (χ4v) is 2.05. The number of carboxylic acids is 1. The first-order chi connectivity index (χ1) is 9.16. The monoisotopic (exact) mass is 260 g/mol. The van der Waals surface area contributed by atoms with Gasteiger partial charge in [0.15, 0.2) is 0 Å². The zero-order valence-corrected chi connectivity index (χ0v) is 10.5. The average molecular weight is 260 g/mol. The maximum Gasteiger partial charge on any atom is 0.326 e. The molecule has 1 aromatic rings. The highest BCUT2D eigenvalue weighted by Gasteiger charge is 2.25. The minimum absolute atomic E-state index is 0.134. The average Bonchev–Trinajstić information content (AvgIpc) is 2.93. The third kappa shape index (κ3) is 3.64. The lowest BCUT2D eigenvalue weighted by Crippen LogP contribution is -2.44. The first kappa shape index (κ1) is 13.3. The van der Waals surface area contributed by atoms with Gasteiger partial charge in [0.1, 0.15) is 6.04 Å². The van der Waals surface area contributed by atoms with Crippen LogP contribution in [0.2, 0.25) is 0 Å². The standard InChI is InChI=1S/C14H16N2O3/c17-13(10-5-1-2-6-10)16-12(14(18)19)9-11-7-3-4-8-15-11/h1-4,7-8,10,12H,5-6,9H2,(H,16,17)(H,18,19). The molecule has 1 amide bonds. The molecule has 100 valence electrons. The van der Waals surface area contributed by atoms with Crippen molar-refractivity contribution in [3.8, 4) is 0 Å². The number of aromatic nitrogens is 1. The fraction of sp³-hybridized carbons (Fsp3) is 0.357. The van der Waals surface area contributed by atoms with Crippen LogP contribution in [0.3, 0.4) is 0 Å². The van der Waals surface area contributed by atoms with Gasteiger partial charge in [-0.15, -0.1) is 0 Å². The topological polar surface area (TPSA) is 79.3 Å². The highest BCUT2D eigenvalue weighted by Crippen LogP contribution is 2.17. The molecule has 19 heavy (non-hydrogen) atoms. The zero-order chi connectivity index (χ0) is 13.7. The van der Waals surface area contributed by atoms with E-state index in [1.54, 1.807) is 24.4 Å². The molecule has 5 heteroatoms. The predicted molar refractivity (Wildman–Crippen MR) is 69.4 cm³/mol. The number of carbonyl (C=O) groups excluding carboxylic acids is 1. The summed E-state index contributed by atoms with van der Waals surface area (Å²) in [7, 11) is 0. The Morgan fingerprint density at radius 2 is 2.11 bits per heavy atom. The molecule has 2 N–H and O–H groups in total. The van der Waals surface area contributed by atoms with E-state index in [1.165, 1.54) is 0 Å². The molecule has 1 aromatic heterocycles. The van der Waals surface area contributed by atoms with Crippen LogP contribution in [0.4, 0.5) is 0 Å². The maximum absolute atomic E-state index is 11.9. The number of pyridine rings is 1. The van der Waals surface area contributed by atoms with E-state index in [0.29, 0.717) is 18.5 Å². The minimum atomic E-state index is -1.04. The van der Waals surface area contributed by atoms with E-state index in [9.17, 15) is 9.59 Å². The van der Waals surface area contributed by atoms with Gasteiger partial charge in [-0.25, -0.2) is 4.79 Å². The molecule has 0 saturated carbocycles. The molecule has 1 heterocycles. The van der Waals surface area contributed by atoms with Gasteiger partial charge in [0.25, 0.3) is 0 Å². The summed E-state index contributed by atoms with van der Waals surface area (Å²) < 4.78 is 0. The van der Waals surface area contributed by atoms with Gasteiger partial charge in [-0.1, -0.05) is 18.2 Å². The molecule has 1 aliphatic rings. The molecule has 0 saturated heterocycles. The first-order valence-corrected chi connectivity index (χ1v) is 6.25. The van der Waals surface area contributed by atoms with Gasteiger partial charge in [-0.2, -0.15) is 0 Å². The van der Waals surface area contributed by atoms with Crippen LogP contribution < -0.4 is 5.32 Å². The Bertz CT molecular complexity index is 477. The Morgan fingerprint density at radius 3 is 2.68 bits per heavy atom. The highest BCUT2D eigenvalue weighted by atomic mass is 16.4. The number of hydrogen-bond donors (Lipinski definition) is 2. The summed E-state index contributed by atoms with van der Waals surface area (Å²) in [6.45, 7) is 0. The molecule has 0 radical (unpaired) electrons. The van der Waals surface area contributed by atoms with Gasteiger partial charge < -0.3 is 10.4 Å². The van der Waals surface area contributed by atoms with E-state index in [4.69, 9.17) is 5.11 Å². The van der Waals surface area contributed by atoms with E-state index >= 15 is 0 Å². The van der Waals surface area contributed by atoms with Gasteiger partial charge in [0, 0.05) is 24.2 Å². The predicted octanol–water partition coefficient (Wildman–Crippen LogP) is 1.16. The third-order valence-electron chi connectivity index (χ3n) is 3.13. The number of hydrogen-bond acceptors (Lipinski definition) is 3. The van der Waals surface area contributed by atoms with E-state index < -0.39 is 12.0 Å². The van der Waals surface area contributed by atoms with Crippen LogP contribution in [0.5, 0.6) is 0 Å². The Labute approximate surface area is 111 Å². The third-order valence-corrected chi connectivity index (χ3v) is 3.13. The number of nitrogens with zero attached hydrogens (tertiary/aromatic N) is 1. The van der Waals surface area contributed by atoms with Crippen LogP contribution in [0.25, 0.3) is 0 Å². The number of allylic oxidation sites excluding steroid dienone is 2. The summed E-state index contributed by atoms with van der Waals surface area (Å²) in [5.41, 5.74) is 0.653. The summed E-state index contributed by atoms with van der Waals surface area (Å²) >= 11 is 0. The number of amides is 1. The van der Waals surface area contributed by atoms with E-state index in [0.717, 1.165) is 0 Å². The molecule has 0 spiro atoms. The van der Waals surface area contributed by atoms with E-state index in [-0.39, 0.29) is 18.2 Å². The van der Waals surface area contributed by atoms with E-state index in [1.807, 2.05) is 12.2 Å². The molecule has 0 bridgehead atoms. The fourth-order valence-electron chi connectivity index (χ4n) is 2.05. The van der Waals surface area contributed by atoms with Gasteiger partial charge >= 0.3 is 5.97 Å². The highest BCUT2D eigenvalue weighted by molar-refractivity contribution is 5.85. The smallest absolute Gasteiger partial charge is 0.326 e. The maximum atomic E-state index is 11.9. The van der Waals surface area contributed by atoms with Crippen molar-refractivity contribution in [3.63, 3.8) is 0 Å². The van der Waals surface area contributed by atoms with Crippen molar-refractivity contribution in [2.45, 2.75) is 25.3 Å². The second-order valence-electron chi connectivity index (χ2n) is 4.56. The van der Waals surface area contributed by atoms with Gasteiger partial charge in [-0.05, 0) is 25.0 Å². The molecule has 2 rings (SSSR count). The SMILES string of the molecule is O=C(NC(Cc1ccccn1)C(=O)O)C1CC=CC1. The van der Waals surface area contributed by atoms with Crippen molar-refractivity contribution in [2.75, 3.05) is 0 Å². The molecule has 1 atom stereocenters. The molecule has 5 nitrogen and oxygen atoms in total. The summed E-state index contributed by atoms with van der Waals surface area (Å²) in [5.74, 6) is -1.37. The van der Waals surface area contributed by atoms with Crippen molar-refractivity contribution in [1.29, 1.82) is 0 Å². The molecule has 0 aliphatic heterocycles. The van der Waals surface area contributed by atoms with Crippen molar-refractivity contribution >= 4 is 11.9 Å². The Hall–Kier alpha value is -2.17. The first-order valence-electron chi connectivity index (χ1n) is 6.25. The molecular weight excluding hydrogens is 244 g/mol. The van der Waals surface area contributed by atoms with Crippen molar-refractivity contribution < 1.29 is 14.7 Å². The van der Waals surface area contributed by atoms with Crippen LogP contribution in [0.15, 0.2) is 36.5 Å². The van der Waals surface area contributed by atoms with Crippen molar-refractivity contribution in [1.82, 2.24) is 10.3 Å². The minimum Gasteiger partial charge on any atom is -0.480 e. The van der Waals surface area contributed by atoms with Crippen molar-refractivity contribution in [2.24, 2.45) is 5.92 Å². The lowest BCUT2D eigenvalue weighted by atomic mass is 10.0. The summed E-state index contributed by atoms with van der Waals surface area (Å²) in [5, 5.41) is 11.8. The van der Waals surface area contributed by atoms with E-state index in [2.05, 4.69) is 10.3 Å². The number of aliphatic carboxylic acids is 1. The van der Waals surface area contributed by atoms with Crippen LogP contribution in [-0.4, -0.2) is 28.0 Å². The van der Waals surface area contributed by atoms with Gasteiger partial charge in [0.05, 0.1) is 0 Å². The lowest BCUT2D eigenvalue weighted by Gasteiger charge is -2.17. The second kappa shape index (κ2) is 6.13. The number of carboxylic acid groups (broad SMARTS) is 1. The number of nitrogens with one attached hydrogen (secondary N) is 1. The van der Waals surface area contributed by atoms with Gasteiger partial charge in [0.2, 0.25) is 5.91 Å². The summed E-state index contributed by atoms with van der Waals surface area (Å²) in [6.07, 6.45) is 7.06. The number of rotatable bonds is 5. The Kier molecular flexibility index (Phi) is 4.28. The normalized spacial score (nSPS) is 16.2. The number of carbonyl (C=O) groups is 2. The van der Waals surface area contributed by atoms with Crippen LogP contribution in [0.1, 0.15) is 18.5 Å². The quantitative estimate of drug-likeness (QED) is 0.779. The molecule has 1 unspecified atom stereocenters. The van der Waals surface area contributed by atoms with Crippen molar-refractivity contribution in [3.05, 3.63) is 42.2 Å². The molecular formula is C14H16N2O3. The second-order valence-corrected chi connectivity index (χ2v) is 4.56.